The van der Waals surface area contributed by atoms with Crippen molar-refractivity contribution < 1.29 is 0 Å². The van der Waals surface area contributed by atoms with E-state index in [-0.39, 0.29) is 0 Å². The normalized spacial score (nSPS) is 16.9. The molecule has 1 aromatic rings. The molecule has 0 spiro atoms. The predicted octanol–water partition coefficient (Wildman–Crippen LogP) is 0.667. The van der Waals surface area contributed by atoms with E-state index in [9.17, 15) is 0 Å². The van der Waals surface area contributed by atoms with Crippen molar-refractivity contribution in [3.8, 4) is 0 Å². The van der Waals surface area contributed by atoms with Crippen LogP contribution in [0, 0.1) is 5.92 Å². The fourth-order valence-corrected chi connectivity index (χ4v) is 1.89. The number of nitrogens with two attached hydrogens (primary N) is 1. The Kier molecular flexibility index (Phi) is 4.01. The monoisotopic (exact) mass is 235 g/mol. The minimum absolute atomic E-state index is 0.570. The van der Waals surface area contributed by atoms with Crippen molar-refractivity contribution >= 4 is 5.96 Å². The Hall–Kier alpha value is -1.52. The summed E-state index contributed by atoms with van der Waals surface area (Å²) >= 11 is 0. The Morgan fingerprint density at radius 1 is 1.65 bits per heavy atom. The van der Waals surface area contributed by atoms with Gasteiger partial charge < -0.3 is 11.1 Å². The predicted molar refractivity (Wildman–Crippen MR) is 68.7 cm³/mol. The third-order valence-electron chi connectivity index (χ3n) is 3.22. The molecule has 0 unspecified atom stereocenters. The lowest BCUT2D eigenvalue weighted by atomic mass is 9.86. The van der Waals surface area contributed by atoms with Gasteiger partial charge in [-0.2, -0.15) is 5.10 Å². The molecule has 0 amide bonds. The Bertz CT molecular complexity index is 378. The molecule has 0 saturated heterocycles. The zero-order valence-corrected chi connectivity index (χ0v) is 10.4. The molecule has 1 aliphatic carbocycles. The van der Waals surface area contributed by atoms with Crippen LogP contribution < -0.4 is 11.1 Å². The zero-order valence-electron chi connectivity index (χ0n) is 10.4. The zero-order chi connectivity index (χ0) is 12.1. The lowest BCUT2D eigenvalue weighted by molar-refractivity contribution is 0.326. The van der Waals surface area contributed by atoms with Crippen molar-refractivity contribution in [2.45, 2.75) is 25.7 Å². The highest BCUT2D eigenvalue weighted by atomic mass is 15.2. The largest absolute Gasteiger partial charge is 0.370 e. The standard InChI is InChI=1S/C12H21N5/c1-17-9-11(8-16-17)5-6-14-12(13)15-7-10-3-2-4-10/h8-10H,2-7H2,1H3,(H3,13,14,15). The summed E-state index contributed by atoms with van der Waals surface area (Å²) in [6.45, 7) is 1.69. The second-order valence-electron chi connectivity index (χ2n) is 4.72. The van der Waals surface area contributed by atoms with Gasteiger partial charge in [-0.3, -0.25) is 9.67 Å². The van der Waals surface area contributed by atoms with Crippen molar-refractivity contribution in [2.75, 3.05) is 13.1 Å². The molecule has 2 rings (SSSR count). The lowest BCUT2D eigenvalue weighted by Crippen LogP contribution is -2.34. The summed E-state index contributed by atoms with van der Waals surface area (Å²) in [6.07, 6.45) is 8.80. The average molecular weight is 235 g/mol. The third-order valence-corrected chi connectivity index (χ3v) is 3.22. The summed E-state index contributed by atoms with van der Waals surface area (Å²) in [6, 6.07) is 0. The van der Waals surface area contributed by atoms with E-state index in [1.54, 1.807) is 0 Å². The van der Waals surface area contributed by atoms with Gasteiger partial charge in [0.1, 0.15) is 0 Å². The van der Waals surface area contributed by atoms with Gasteiger partial charge in [0, 0.05) is 26.3 Å². The highest BCUT2D eigenvalue weighted by molar-refractivity contribution is 5.77. The summed E-state index contributed by atoms with van der Waals surface area (Å²) in [5.74, 6) is 1.34. The third kappa shape index (κ3) is 3.76. The van der Waals surface area contributed by atoms with Crippen molar-refractivity contribution in [1.82, 2.24) is 15.1 Å². The number of rotatable bonds is 5. The number of nitrogens with one attached hydrogen (secondary N) is 1. The van der Waals surface area contributed by atoms with Gasteiger partial charge in [-0.25, -0.2) is 0 Å². The number of hydrogen-bond acceptors (Lipinski definition) is 2. The fraction of sp³-hybridized carbons (Fsp3) is 0.667. The maximum atomic E-state index is 5.79. The van der Waals surface area contributed by atoms with Crippen LogP contribution in [0.2, 0.25) is 0 Å². The van der Waals surface area contributed by atoms with Gasteiger partial charge in [-0.15, -0.1) is 0 Å². The lowest BCUT2D eigenvalue weighted by Gasteiger charge is -2.23. The van der Waals surface area contributed by atoms with Crippen molar-refractivity contribution in [1.29, 1.82) is 0 Å². The van der Waals surface area contributed by atoms with Crippen LogP contribution in [-0.2, 0) is 13.5 Å². The smallest absolute Gasteiger partial charge is 0.188 e. The van der Waals surface area contributed by atoms with E-state index in [0.29, 0.717) is 5.96 Å². The first-order chi connectivity index (χ1) is 8.24. The molecule has 94 valence electrons. The van der Waals surface area contributed by atoms with E-state index in [0.717, 1.165) is 25.4 Å². The van der Waals surface area contributed by atoms with Crippen LogP contribution in [0.1, 0.15) is 24.8 Å². The van der Waals surface area contributed by atoms with Crippen molar-refractivity contribution in [2.24, 2.45) is 23.7 Å². The molecule has 1 fully saturated rings. The summed E-state index contributed by atoms with van der Waals surface area (Å²) in [4.78, 5) is 4.35. The van der Waals surface area contributed by atoms with E-state index >= 15 is 0 Å². The number of hydrogen-bond donors (Lipinski definition) is 2. The molecule has 0 aromatic carbocycles. The summed E-state index contributed by atoms with van der Waals surface area (Å²) in [5.41, 5.74) is 7.00. The number of nitrogens with zero attached hydrogens (tertiary/aromatic N) is 3. The molecule has 1 saturated carbocycles. The molecule has 17 heavy (non-hydrogen) atoms. The van der Waals surface area contributed by atoms with Gasteiger partial charge in [-0.1, -0.05) is 6.42 Å². The molecule has 0 atom stereocenters. The Balaban J connectivity index is 1.63. The molecule has 1 aromatic heterocycles. The van der Waals surface area contributed by atoms with Gasteiger partial charge in [-0.05, 0) is 30.7 Å². The highest BCUT2D eigenvalue weighted by Gasteiger charge is 2.16. The van der Waals surface area contributed by atoms with Crippen LogP contribution >= 0.6 is 0 Å². The molecule has 5 nitrogen and oxygen atoms in total. The summed E-state index contributed by atoms with van der Waals surface area (Å²) < 4.78 is 1.81. The Labute approximate surface area is 102 Å². The molecular formula is C12H21N5. The van der Waals surface area contributed by atoms with E-state index in [1.807, 2.05) is 24.1 Å². The first kappa shape index (κ1) is 12.0. The fourth-order valence-electron chi connectivity index (χ4n) is 1.89. The van der Waals surface area contributed by atoms with Crippen LogP contribution in [0.15, 0.2) is 17.4 Å². The molecule has 0 aliphatic heterocycles. The van der Waals surface area contributed by atoms with Gasteiger partial charge in [0.15, 0.2) is 5.96 Å². The van der Waals surface area contributed by atoms with Crippen LogP contribution in [0.25, 0.3) is 0 Å². The molecule has 0 radical (unpaired) electrons. The highest BCUT2D eigenvalue weighted by Crippen LogP contribution is 2.26. The topological polar surface area (TPSA) is 68.2 Å². The Morgan fingerprint density at radius 3 is 3.06 bits per heavy atom. The molecule has 0 bridgehead atoms. The van der Waals surface area contributed by atoms with E-state index in [1.165, 1.54) is 24.8 Å². The van der Waals surface area contributed by atoms with Gasteiger partial charge in [0.25, 0.3) is 0 Å². The van der Waals surface area contributed by atoms with Crippen LogP contribution in [0.5, 0.6) is 0 Å². The SMILES string of the molecule is Cn1cc(CCNC(N)=NCC2CCC2)cn1. The second-order valence-corrected chi connectivity index (χ2v) is 4.72. The van der Waals surface area contributed by atoms with Crippen molar-refractivity contribution in [3.63, 3.8) is 0 Å². The number of guanidine groups is 1. The van der Waals surface area contributed by atoms with Gasteiger partial charge in [0.05, 0.1) is 6.20 Å². The summed E-state index contributed by atoms with van der Waals surface area (Å²) in [7, 11) is 1.92. The van der Waals surface area contributed by atoms with Crippen LogP contribution in [0.3, 0.4) is 0 Å². The first-order valence-electron chi connectivity index (χ1n) is 6.25. The van der Waals surface area contributed by atoms with Crippen LogP contribution in [-0.4, -0.2) is 28.8 Å². The van der Waals surface area contributed by atoms with Crippen molar-refractivity contribution in [3.05, 3.63) is 18.0 Å². The van der Waals surface area contributed by atoms with E-state index < -0.39 is 0 Å². The average Bonchev–Trinajstić information content (AvgIpc) is 2.62. The number of aromatic nitrogens is 2. The Morgan fingerprint density at radius 2 is 2.47 bits per heavy atom. The van der Waals surface area contributed by atoms with Gasteiger partial charge in [0.2, 0.25) is 0 Å². The number of aliphatic imine (C=N–C) groups is 1. The molecular weight excluding hydrogens is 214 g/mol. The van der Waals surface area contributed by atoms with Gasteiger partial charge >= 0.3 is 0 Å². The quantitative estimate of drug-likeness (QED) is 0.582. The van der Waals surface area contributed by atoms with E-state index in [2.05, 4.69) is 15.4 Å². The molecule has 3 N–H and O–H groups in total. The van der Waals surface area contributed by atoms with E-state index in [4.69, 9.17) is 5.73 Å². The number of aryl methyl sites for hydroxylation is 1. The second kappa shape index (κ2) is 5.70. The minimum Gasteiger partial charge on any atom is -0.370 e. The maximum Gasteiger partial charge on any atom is 0.188 e. The first-order valence-corrected chi connectivity index (χ1v) is 6.25. The van der Waals surface area contributed by atoms with Crippen LogP contribution in [0.4, 0.5) is 0 Å². The molecule has 5 heteroatoms. The molecule has 1 aliphatic rings. The minimum atomic E-state index is 0.570. The summed E-state index contributed by atoms with van der Waals surface area (Å²) in [5, 5.41) is 7.25. The molecule has 1 heterocycles. The maximum absolute atomic E-state index is 5.79.